The van der Waals surface area contributed by atoms with Crippen molar-refractivity contribution in [2.24, 2.45) is 5.92 Å². The van der Waals surface area contributed by atoms with Gasteiger partial charge in [-0.15, -0.1) is 0 Å². The van der Waals surface area contributed by atoms with Gasteiger partial charge in [0.1, 0.15) is 5.78 Å². The first kappa shape index (κ1) is 26.7. The lowest BCUT2D eigenvalue weighted by Crippen LogP contribution is -2.50. The molecule has 2 bridgehead atoms. The Hall–Kier alpha value is -2.39. The van der Waals surface area contributed by atoms with Crippen LogP contribution in [0.15, 0.2) is 59.0 Å². The Morgan fingerprint density at radius 2 is 1.83 bits per heavy atom. The summed E-state index contributed by atoms with van der Waals surface area (Å²) in [5, 5.41) is 9.76. The van der Waals surface area contributed by atoms with E-state index in [0.717, 1.165) is 18.4 Å². The molecule has 4 rings (SSSR count). The van der Waals surface area contributed by atoms with Crippen molar-refractivity contribution in [3.8, 4) is 0 Å². The van der Waals surface area contributed by atoms with Gasteiger partial charge in [0.25, 0.3) is 0 Å². The SMILES string of the molecule is CC(=O)C1CC2CC=C(CS(=O)(=O)c3ccc(NC(=O)NC(C)c4cccc(Cl)c4Cl)cc3)C(C1)N2. The third-order valence-corrected chi connectivity index (χ3v) is 9.37. The molecule has 0 radical (unpaired) electrons. The molecule has 0 saturated carbocycles. The number of hydrogen-bond acceptors (Lipinski definition) is 5. The van der Waals surface area contributed by atoms with Gasteiger partial charge in [-0.25, -0.2) is 13.2 Å². The van der Waals surface area contributed by atoms with Crippen molar-refractivity contribution in [1.29, 1.82) is 0 Å². The van der Waals surface area contributed by atoms with Gasteiger partial charge in [0, 0.05) is 23.7 Å². The summed E-state index contributed by atoms with van der Waals surface area (Å²) < 4.78 is 26.2. The van der Waals surface area contributed by atoms with Crippen molar-refractivity contribution in [1.82, 2.24) is 10.6 Å². The van der Waals surface area contributed by atoms with Gasteiger partial charge in [-0.3, -0.25) is 4.79 Å². The molecule has 2 heterocycles. The van der Waals surface area contributed by atoms with Crippen molar-refractivity contribution in [3.63, 3.8) is 0 Å². The van der Waals surface area contributed by atoms with E-state index >= 15 is 0 Å². The number of nitrogens with one attached hydrogen (secondary N) is 3. The second-order valence-corrected chi connectivity index (χ2v) is 12.2. The molecule has 1 saturated heterocycles. The summed E-state index contributed by atoms with van der Waals surface area (Å²) in [6, 6.07) is 10.6. The average molecular weight is 551 g/mol. The molecule has 2 amide bonds. The van der Waals surface area contributed by atoms with Crippen molar-refractivity contribution < 1.29 is 18.0 Å². The fourth-order valence-corrected chi connectivity index (χ4v) is 6.79. The fourth-order valence-electron chi connectivity index (χ4n) is 4.84. The van der Waals surface area contributed by atoms with Crippen molar-refractivity contribution >= 4 is 50.5 Å². The summed E-state index contributed by atoms with van der Waals surface area (Å²) in [6.07, 6.45) is 4.16. The minimum atomic E-state index is -3.59. The zero-order valence-corrected chi connectivity index (χ0v) is 22.4. The van der Waals surface area contributed by atoms with Gasteiger partial charge in [-0.1, -0.05) is 41.4 Å². The van der Waals surface area contributed by atoms with Crippen molar-refractivity contribution in [3.05, 3.63) is 69.7 Å². The van der Waals surface area contributed by atoms with E-state index < -0.39 is 21.9 Å². The highest BCUT2D eigenvalue weighted by atomic mass is 35.5. The van der Waals surface area contributed by atoms with Gasteiger partial charge in [0.15, 0.2) is 9.84 Å². The van der Waals surface area contributed by atoms with E-state index in [2.05, 4.69) is 16.0 Å². The minimum absolute atomic E-state index is 0.0261. The molecule has 2 aliphatic heterocycles. The van der Waals surface area contributed by atoms with E-state index in [9.17, 15) is 18.0 Å². The summed E-state index contributed by atoms with van der Waals surface area (Å²) in [5.41, 5.74) is 1.95. The number of sulfone groups is 1. The number of anilines is 1. The molecule has 7 nitrogen and oxygen atoms in total. The second kappa shape index (κ2) is 10.9. The van der Waals surface area contributed by atoms with Crippen LogP contribution in [-0.4, -0.2) is 38.1 Å². The van der Waals surface area contributed by atoms with Gasteiger partial charge < -0.3 is 16.0 Å². The molecule has 4 atom stereocenters. The highest BCUT2D eigenvalue weighted by Gasteiger charge is 2.36. The van der Waals surface area contributed by atoms with E-state index in [0.29, 0.717) is 27.7 Å². The standard InChI is InChI=1S/C26H29Cl2N3O4S/c1-15(22-4-3-5-23(27)25(22)28)29-26(33)31-19-8-10-21(11-9-19)36(34,35)14-17-6-7-20-12-18(16(2)32)13-24(17)30-20/h3-6,8-11,15,18,20,24,30H,7,12-14H2,1-2H3,(H2,29,31,33). The average Bonchev–Trinajstić information content (AvgIpc) is 2.82. The third-order valence-electron chi connectivity index (χ3n) is 6.84. The number of piperidine rings is 1. The predicted molar refractivity (Wildman–Crippen MR) is 142 cm³/mol. The van der Waals surface area contributed by atoms with Gasteiger partial charge in [-0.2, -0.15) is 0 Å². The number of fused-ring (bicyclic) bond motifs is 2. The molecule has 0 aliphatic carbocycles. The Balaban J connectivity index is 1.38. The van der Waals surface area contributed by atoms with Gasteiger partial charge >= 0.3 is 6.03 Å². The number of carbonyl (C=O) groups excluding carboxylic acids is 2. The number of urea groups is 1. The first-order valence-electron chi connectivity index (χ1n) is 11.8. The normalized spacial score (nSPS) is 22.3. The van der Waals surface area contributed by atoms with Crippen molar-refractivity contribution in [2.45, 2.75) is 56.1 Å². The number of benzene rings is 2. The molecule has 0 aromatic heterocycles. The zero-order chi connectivity index (χ0) is 26.0. The van der Waals surface area contributed by atoms with Gasteiger partial charge in [-0.05, 0) is 74.6 Å². The Morgan fingerprint density at radius 1 is 1.11 bits per heavy atom. The van der Waals surface area contributed by atoms with Crippen LogP contribution in [0, 0.1) is 5.92 Å². The predicted octanol–water partition coefficient (Wildman–Crippen LogP) is 5.31. The van der Waals surface area contributed by atoms with Crippen molar-refractivity contribution in [2.75, 3.05) is 11.1 Å². The summed E-state index contributed by atoms with van der Waals surface area (Å²) in [4.78, 5) is 24.5. The lowest BCUT2D eigenvalue weighted by Gasteiger charge is -2.39. The number of amides is 2. The minimum Gasteiger partial charge on any atom is -0.331 e. The monoisotopic (exact) mass is 549 g/mol. The quantitative estimate of drug-likeness (QED) is 0.406. The molecule has 3 N–H and O–H groups in total. The van der Waals surface area contributed by atoms with Crippen LogP contribution < -0.4 is 16.0 Å². The largest absolute Gasteiger partial charge is 0.331 e. The number of hydrogen-bond donors (Lipinski definition) is 3. The summed E-state index contributed by atoms with van der Waals surface area (Å²) >= 11 is 12.3. The number of carbonyl (C=O) groups is 2. The Bertz CT molecular complexity index is 1290. The molecular formula is C26H29Cl2N3O4S. The van der Waals surface area contributed by atoms with Crippen LogP contribution in [0.3, 0.4) is 0 Å². The maximum Gasteiger partial charge on any atom is 0.319 e. The van der Waals surface area contributed by atoms with Crippen LogP contribution in [-0.2, 0) is 14.6 Å². The lowest BCUT2D eigenvalue weighted by molar-refractivity contribution is -0.122. The molecular weight excluding hydrogens is 521 g/mol. The Kier molecular flexibility index (Phi) is 8.09. The summed E-state index contributed by atoms with van der Waals surface area (Å²) in [5.74, 6) is 0.0299. The molecule has 0 spiro atoms. The lowest BCUT2D eigenvalue weighted by atomic mass is 9.79. The number of rotatable bonds is 7. The Morgan fingerprint density at radius 3 is 2.53 bits per heavy atom. The van der Waals surface area contributed by atoms with E-state index in [-0.39, 0.29) is 34.4 Å². The highest BCUT2D eigenvalue weighted by molar-refractivity contribution is 7.91. The van der Waals surface area contributed by atoms with Crippen LogP contribution in [0.1, 0.15) is 44.7 Å². The maximum absolute atomic E-state index is 13.1. The molecule has 2 aromatic rings. The van der Waals surface area contributed by atoms with E-state index in [1.165, 1.54) is 12.1 Å². The first-order valence-corrected chi connectivity index (χ1v) is 14.2. The molecule has 1 fully saturated rings. The third kappa shape index (κ3) is 6.11. The zero-order valence-electron chi connectivity index (χ0n) is 20.1. The highest BCUT2D eigenvalue weighted by Crippen LogP contribution is 2.32. The summed E-state index contributed by atoms with van der Waals surface area (Å²) in [7, 11) is -3.59. The molecule has 36 heavy (non-hydrogen) atoms. The van der Waals surface area contributed by atoms with Gasteiger partial charge in [0.2, 0.25) is 0 Å². The number of halogens is 2. The topological polar surface area (TPSA) is 104 Å². The molecule has 10 heteroatoms. The fraction of sp³-hybridized carbons (Fsp3) is 0.385. The number of Topliss-reactive ketones (excluding diaryl/α,β-unsaturated/α-hetero) is 1. The molecule has 2 aliphatic rings. The second-order valence-electron chi connectivity index (χ2n) is 9.46. The number of ketones is 1. The van der Waals surface area contributed by atoms with E-state index in [4.69, 9.17) is 23.2 Å². The van der Waals surface area contributed by atoms with E-state index in [1.807, 2.05) is 6.08 Å². The van der Waals surface area contributed by atoms with E-state index in [1.54, 1.807) is 44.2 Å². The molecule has 2 aromatic carbocycles. The molecule has 192 valence electrons. The van der Waals surface area contributed by atoms with Crippen LogP contribution in [0.5, 0.6) is 0 Å². The van der Waals surface area contributed by atoms with Gasteiger partial charge in [0.05, 0.1) is 26.7 Å². The van der Waals surface area contributed by atoms with Crippen LogP contribution in [0.25, 0.3) is 0 Å². The van der Waals surface area contributed by atoms with Crippen LogP contribution in [0.4, 0.5) is 10.5 Å². The first-order chi connectivity index (χ1) is 17.0. The maximum atomic E-state index is 13.1. The smallest absolute Gasteiger partial charge is 0.319 e. The van der Waals surface area contributed by atoms with Crippen LogP contribution >= 0.6 is 23.2 Å². The molecule has 4 unspecified atom stereocenters. The summed E-state index contributed by atoms with van der Waals surface area (Å²) in [6.45, 7) is 3.39. The van der Waals surface area contributed by atoms with Crippen LogP contribution in [0.2, 0.25) is 10.0 Å². The Labute approximate surface area is 221 Å².